The molecule has 4 aliphatic rings. The van der Waals surface area contributed by atoms with E-state index in [0.717, 1.165) is 18.0 Å². The first kappa shape index (κ1) is 29.3. The number of fused-ring (bicyclic) bond motifs is 10. The molecule has 1 atom stereocenters. The Hall–Kier alpha value is -5.47. The van der Waals surface area contributed by atoms with E-state index in [4.69, 9.17) is 4.74 Å². The van der Waals surface area contributed by atoms with Crippen LogP contribution in [0.3, 0.4) is 0 Å². The average Bonchev–Trinajstić information content (AvgIpc) is 3.66. The standard InChI is InChI=1S/C47H32NOPS/c1-4-12-31(13-5-1)34-22-24-42-39(26-34)47(40-27-35(23-25-43(40)49-42)32-14-6-2-7-15-32)38-18-10-11-19-41(38)48-29-37-21-20-36(33-16-8-3-9-17-33)28-44(37)50-30-51-45(47)46(48)50/h1-28,30,50H,29H2. The summed E-state index contributed by atoms with van der Waals surface area (Å²) in [6, 6.07) is 62.3. The molecule has 1 unspecified atom stereocenters. The maximum atomic E-state index is 6.92. The highest BCUT2D eigenvalue weighted by molar-refractivity contribution is 8.23. The third kappa shape index (κ3) is 4.26. The van der Waals surface area contributed by atoms with Gasteiger partial charge in [0.2, 0.25) is 0 Å². The lowest BCUT2D eigenvalue weighted by Gasteiger charge is -2.49. The van der Waals surface area contributed by atoms with E-state index < -0.39 is 13.0 Å². The van der Waals surface area contributed by atoms with Crippen molar-refractivity contribution < 1.29 is 4.74 Å². The normalized spacial score (nSPS) is 17.0. The Balaban J connectivity index is 1.22. The topological polar surface area (TPSA) is 12.5 Å². The highest BCUT2D eigenvalue weighted by atomic mass is 32.2. The molecule has 0 bridgehead atoms. The van der Waals surface area contributed by atoms with Crippen LogP contribution < -0.4 is 14.9 Å². The molecule has 4 aliphatic heterocycles. The Labute approximate surface area is 303 Å². The first-order chi connectivity index (χ1) is 25.3. The van der Waals surface area contributed by atoms with Gasteiger partial charge in [0.05, 0.1) is 10.9 Å². The van der Waals surface area contributed by atoms with E-state index in [0.29, 0.717) is 0 Å². The van der Waals surface area contributed by atoms with E-state index in [1.807, 2.05) is 11.8 Å². The molecule has 7 aromatic carbocycles. The van der Waals surface area contributed by atoms with Gasteiger partial charge in [-0.25, -0.2) is 0 Å². The van der Waals surface area contributed by atoms with Gasteiger partial charge in [-0.05, 0) is 98.9 Å². The molecule has 7 aromatic rings. The Kier molecular flexibility index (Phi) is 6.47. The summed E-state index contributed by atoms with van der Waals surface area (Å²) in [6.07, 6.45) is 0. The summed E-state index contributed by atoms with van der Waals surface area (Å²) < 4.78 is 6.92. The molecule has 4 heteroatoms. The van der Waals surface area contributed by atoms with Crippen molar-refractivity contribution in [3.05, 3.63) is 202 Å². The number of allylic oxidation sites excluding steroid dienone is 1. The van der Waals surface area contributed by atoms with Crippen LogP contribution in [-0.4, -0.2) is 5.13 Å². The van der Waals surface area contributed by atoms with Crippen LogP contribution in [0.2, 0.25) is 0 Å². The van der Waals surface area contributed by atoms with Gasteiger partial charge in [0.25, 0.3) is 0 Å². The van der Waals surface area contributed by atoms with Gasteiger partial charge >= 0.3 is 0 Å². The Bertz CT molecular complexity index is 2520. The molecule has 4 heterocycles. The second kappa shape index (κ2) is 11.3. The van der Waals surface area contributed by atoms with Crippen LogP contribution in [0, 0.1) is 0 Å². The van der Waals surface area contributed by atoms with E-state index >= 15 is 0 Å². The molecule has 0 aromatic heterocycles. The molecule has 0 fully saturated rings. The number of ether oxygens (including phenoxy) is 1. The van der Waals surface area contributed by atoms with Crippen molar-refractivity contribution in [1.29, 1.82) is 0 Å². The lowest BCUT2D eigenvalue weighted by atomic mass is 9.65. The van der Waals surface area contributed by atoms with Gasteiger partial charge in [0, 0.05) is 28.3 Å². The molecule has 2 nitrogen and oxygen atoms in total. The lowest BCUT2D eigenvalue weighted by Crippen LogP contribution is -2.43. The average molecular weight is 690 g/mol. The van der Waals surface area contributed by atoms with Crippen molar-refractivity contribution in [2.45, 2.75) is 12.0 Å². The molecule has 242 valence electrons. The first-order valence-electron chi connectivity index (χ1n) is 17.5. The molecule has 51 heavy (non-hydrogen) atoms. The Morgan fingerprint density at radius 3 is 1.65 bits per heavy atom. The summed E-state index contributed by atoms with van der Waals surface area (Å²) in [5, 5.41) is 4.10. The predicted octanol–water partition coefficient (Wildman–Crippen LogP) is 11.7. The summed E-state index contributed by atoms with van der Waals surface area (Å²) in [5.74, 6) is 1.85. The minimum Gasteiger partial charge on any atom is -0.457 e. The zero-order valence-corrected chi connectivity index (χ0v) is 29.5. The van der Waals surface area contributed by atoms with Crippen molar-refractivity contribution in [2.24, 2.45) is 0 Å². The minimum atomic E-state index is -1.24. The first-order valence-corrected chi connectivity index (χ1v) is 20.0. The van der Waals surface area contributed by atoms with Crippen molar-refractivity contribution >= 4 is 35.4 Å². The summed E-state index contributed by atoms with van der Waals surface area (Å²) in [5.41, 5.74) is 14.8. The van der Waals surface area contributed by atoms with Crippen LogP contribution in [0.15, 0.2) is 180 Å². The van der Waals surface area contributed by atoms with Crippen molar-refractivity contribution in [3.8, 4) is 44.9 Å². The van der Waals surface area contributed by atoms with Crippen LogP contribution in [0.4, 0.5) is 5.69 Å². The molecule has 11 rings (SSSR count). The van der Waals surface area contributed by atoms with Gasteiger partial charge in [-0.3, -0.25) is 0 Å². The second-order valence-corrected chi connectivity index (χ2v) is 17.1. The number of nitrogens with zero attached hydrogens (tertiary/aromatic N) is 1. The van der Waals surface area contributed by atoms with E-state index in [2.05, 4.69) is 180 Å². The van der Waals surface area contributed by atoms with Crippen LogP contribution in [0.1, 0.15) is 22.3 Å². The summed E-state index contributed by atoms with van der Waals surface area (Å²) in [6.45, 7) is 0.864. The van der Waals surface area contributed by atoms with Crippen LogP contribution >= 0.6 is 19.3 Å². The number of rotatable bonds is 3. The zero-order valence-electron chi connectivity index (χ0n) is 27.7. The number of hydrogen-bond donors (Lipinski definition) is 0. The molecule has 0 saturated carbocycles. The third-order valence-corrected chi connectivity index (χ3v) is 15.4. The fourth-order valence-corrected chi connectivity index (χ4v) is 13.8. The molecular weight excluding hydrogens is 658 g/mol. The molecule has 0 amide bonds. The van der Waals surface area contributed by atoms with Crippen molar-refractivity contribution in [2.75, 3.05) is 4.90 Å². The zero-order chi connectivity index (χ0) is 33.5. The monoisotopic (exact) mass is 689 g/mol. The number of anilines is 1. The van der Waals surface area contributed by atoms with E-state index in [9.17, 15) is 0 Å². The molecule has 0 saturated heterocycles. The van der Waals surface area contributed by atoms with E-state index in [-0.39, 0.29) is 0 Å². The van der Waals surface area contributed by atoms with Crippen LogP contribution in [-0.2, 0) is 12.0 Å². The largest absolute Gasteiger partial charge is 0.457 e. The van der Waals surface area contributed by atoms with Crippen LogP contribution in [0.5, 0.6) is 11.5 Å². The number of thioether (sulfide) groups is 1. The number of para-hydroxylation sites is 1. The van der Waals surface area contributed by atoms with Gasteiger partial charge in [-0.15, -0.1) is 0 Å². The van der Waals surface area contributed by atoms with Gasteiger partial charge in [-0.2, -0.15) is 0 Å². The molecule has 0 aliphatic carbocycles. The molecule has 0 N–H and O–H groups in total. The van der Waals surface area contributed by atoms with Crippen molar-refractivity contribution in [1.82, 2.24) is 0 Å². The predicted molar refractivity (Wildman–Crippen MR) is 217 cm³/mol. The SMILES string of the molecule is C1=[PH]2C3=C(S1)C1(c4cc(-c5ccccc5)ccc4Oc4ccc(-c5ccccc5)cc41)c1ccccc1N3Cc1ccc(-c3ccccc3)cc12. The Morgan fingerprint density at radius 1 is 0.510 bits per heavy atom. The van der Waals surface area contributed by atoms with Gasteiger partial charge in [0.15, 0.2) is 0 Å². The quantitative estimate of drug-likeness (QED) is 0.171. The summed E-state index contributed by atoms with van der Waals surface area (Å²) >= 11 is 1.97. The van der Waals surface area contributed by atoms with E-state index in [1.165, 1.54) is 77.0 Å². The van der Waals surface area contributed by atoms with Gasteiger partial charge < -0.3 is 9.64 Å². The second-order valence-electron chi connectivity index (χ2n) is 13.7. The maximum Gasteiger partial charge on any atom is 0.132 e. The summed E-state index contributed by atoms with van der Waals surface area (Å²) in [4.78, 5) is 4.08. The molecular formula is C47H32NOPS. The van der Waals surface area contributed by atoms with Crippen LogP contribution in [0.25, 0.3) is 33.4 Å². The van der Waals surface area contributed by atoms with Gasteiger partial charge in [0.1, 0.15) is 11.5 Å². The highest BCUT2D eigenvalue weighted by Crippen LogP contribution is 2.68. The highest BCUT2D eigenvalue weighted by Gasteiger charge is 2.55. The summed E-state index contributed by atoms with van der Waals surface area (Å²) in [7, 11) is -1.24. The fraction of sp³-hybridized carbons (Fsp3) is 0.0426. The fourth-order valence-electron chi connectivity index (χ4n) is 8.70. The maximum absolute atomic E-state index is 6.92. The smallest absolute Gasteiger partial charge is 0.132 e. The number of benzene rings is 7. The molecule has 1 spiro atoms. The minimum absolute atomic E-state index is 0.553. The third-order valence-electron chi connectivity index (χ3n) is 11.0. The number of hydrogen-bond acceptors (Lipinski definition) is 3. The Morgan fingerprint density at radius 2 is 1.04 bits per heavy atom. The van der Waals surface area contributed by atoms with Gasteiger partial charge in [-0.1, -0.05) is 145 Å². The van der Waals surface area contributed by atoms with E-state index in [1.54, 1.807) is 0 Å². The lowest BCUT2D eigenvalue weighted by molar-refractivity contribution is 0.435. The molecule has 0 radical (unpaired) electrons. The van der Waals surface area contributed by atoms with Crippen molar-refractivity contribution in [3.63, 3.8) is 0 Å².